The predicted octanol–water partition coefficient (Wildman–Crippen LogP) is 1.03. The minimum absolute atomic E-state index is 0.0554. The van der Waals surface area contributed by atoms with Crippen molar-refractivity contribution in [3.8, 4) is 0 Å². The Morgan fingerprint density at radius 1 is 1.24 bits per heavy atom. The van der Waals surface area contributed by atoms with E-state index in [1.54, 1.807) is 13.8 Å². The van der Waals surface area contributed by atoms with Crippen molar-refractivity contribution < 1.29 is 31.2 Å². The second-order valence-electron chi connectivity index (χ2n) is 7.10. The molecule has 2 aliphatic rings. The molecule has 0 bridgehead atoms. The molecule has 2 saturated heterocycles. The molecule has 2 heterocycles. The maximum atomic E-state index is 13.0. The molecule has 0 aromatic heterocycles. The molecule has 160 valence electrons. The van der Waals surface area contributed by atoms with Gasteiger partial charge < -0.3 is 4.74 Å². The summed E-state index contributed by atoms with van der Waals surface area (Å²) < 4.78 is 57.3. The van der Waals surface area contributed by atoms with Crippen LogP contribution in [0.3, 0.4) is 0 Å². The highest BCUT2D eigenvalue weighted by atomic mass is 32.2. The smallest absolute Gasteiger partial charge is 0.309 e. The fraction of sp³-hybridized carbons (Fsp3) is 0.556. The van der Waals surface area contributed by atoms with Crippen molar-refractivity contribution in [1.82, 2.24) is 4.31 Å². The number of hydrogen-bond donors (Lipinski definition) is 0. The van der Waals surface area contributed by atoms with Crippen LogP contribution < -0.4 is 4.31 Å². The minimum Gasteiger partial charge on any atom is -0.466 e. The Labute approximate surface area is 170 Å². The van der Waals surface area contributed by atoms with Crippen LogP contribution in [0.5, 0.6) is 0 Å². The Hall–Kier alpha value is -1.98. The summed E-state index contributed by atoms with van der Waals surface area (Å²) in [5, 5.41) is 0. The zero-order chi connectivity index (χ0) is 21.4. The van der Waals surface area contributed by atoms with Crippen molar-refractivity contribution in [2.75, 3.05) is 29.8 Å². The zero-order valence-electron chi connectivity index (χ0n) is 16.3. The van der Waals surface area contributed by atoms with E-state index in [2.05, 4.69) is 0 Å². The largest absolute Gasteiger partial charge is 0.466 e. The maximum absolute atomic E-state index is 13.0. The van der Waals surface area contributed by atoms with Crippen LogP contribution in [0.2, 0.25) is 0 Å². The molecule has 1 aromatic rings. The van der Waals surface area contributed by atoms with E-state index < -0.39 is 26.0 Å². The molecule has 2 aliphatic heterocycles. The Bertz CT molecular complexity index is 1030. The number of rotatable bonds is 5. The number of nitrogens with zero attached hydrogens (tertiary/aromatic N) is 2. The third kappa shape index (κ3) is 4.17. The number of carbonyl (C=O) groups is 2. The minimum atomic E-state index is -3.81. The average molecular weight is 445 g/mol. The van der Waals surface area contributed by atoms with Gasteiger partial charge in [0.25, 0.3) is 0 Å². The highest BCUT2D eigenvalue weighted by molar-refractivity contribution is 7.94. The second kappa shape index (κ2) is 8.04. The molecule has 0 spiro atoms. The molecule has 29 heavy (non-hydrogen) atoms. The number of hydrogen-bond acceptors (Lipinski definition) is 7. The number of sulfonamides is 2. The van der Waals surface area contributed by atoms with E-state index in [4.69, 9.17) is 4.74 Å². The summed E-state index contributed by atoms with van der Waals surface area (Å²) >= 11 is 0. The van der Waals surface area contributed by atoms with E-state index in [1.807, 2.05) is 0 Å². The first-order chi connectivity index (χ1) is 13.6. The van der Waals surface area contributed by atoms with Gasteiger partial charge in [-0.05, 0) is 50.5 Å². The average Bonchev–Trinajstić information content (AvgIpc) is 2.94. The third-order valence-electron chi connectivity index (χ3n) is 5.16. The van der Waals surface area contributed by atoms with Crippen LogP contribution >= 0.6 is 0 Å². The van der Waals surface area contributed by atoms with Crippen molar-refractivity contribution in [3.05, 3.63) is 23.8 Å². The molecule has 0 N–H and O–H groups in total. The van der Waals surface area contributed by atoms with E-state index >= 15 is 0 Å². The molecule has 2 fully saturated rings. The maximum Gasteiger partial charge on any atom is 0.309 e. The van der Waals surface area contributed by atoms with Crippen molar-refractivity contribution in [1.29, 1.82) is 0 Å². The summed E-state index contributed by atoms with van der Waals surface area (Å²) in [5.74, 6) is -1.39. The van der Waals surface area contributed by atoms with Crippen LogP contribution in [-0.4, -0.2) is 58.5 Å². The molecule has 9 nitrogen and oxygen atoms in total. The highest BCUT2D eigenvalue weighted by Gasteiger charge is 2.37. The molecule has 0 saturated carbocycles. The highest BCUT2D eigenvalue weighted by Crippen LogP contribution is 2.31. The van der Waals surface area contributed by atoms with E-state index in [-0.39, 0.29) is 54.3 Å². The SMILES string of the molecule is CCOC(=O)C1CCN(S(=O)(=O)c2ccc(N3C(=O)CCS3(=O)=O)cc2C)CC1. The van der Waals surface area contributed by atoms with Gasteiger partial charge in [-0.1, -0.05) is 0 Å². The fourth-order valence-corrected chi connectivity index (χ4v) is 6.78. The van der Waals surface area contributed by atoms with Crippen molar-refractivity contribution in [2.45, 2.75) is 38.0 Å². The van der Waals surface area contributed by atoms with E-state index in [9.17, 15) is 26.4 Å². The molecule has 11 heteroatoms. The first kappa shape index (κ1) is 21.7. The van der Waals surface area contributed by atoms with Gasteiger partial charge in [-0.3, -0.25) is 9.59 Å². The summed E-state index contributed by atoms with van der Waals surface area (Å²) in [6.45, 7) is 3.98. The van der Waals surface area contributed by atoms with E-state index in [0.29, 0.717) is 18.4 Å². The van der Waals surface area contributed by atoms with E-state index in [0.717, 1.165) is 4.31 Å². The summed E-state index contributed by atoms with van der Waals surface area (Å²) in [7, 11) is -7.52. The van der Waals surface area contributed by atoms with Crippen LogP contribution in [0.15, 0.2) is 23.1 Å². The van der Waals surface area contributed by atoms with Gasteiger partial charge in [0, 0.05) is 19.5 Å². The summed E-state index contributed by atoms with van der Waals surface area (Å²) in [6.07, 6.45) is 0.683. The fourth-order valence-electron chi connectivity index (χ4n) is 3.65. The van der Waals surface area contributed by atoms with Crippen molar-refractivity contribution in [3.63, 3.8) is 0 Å². The van der Waals surface area contributed by atoms with Gasteiger partial charge >= 0.3 is 5.97 Å². The number of amides is 1. The second-order valence-corrected chi connectivity index (χ2v) is 10.9. The normalized spacial score (nSPS) is 20.8. The molecule has 1 amide bonds. The lowest BCUT2D eigenvalue weighted by molar-refractivity contribution is -0.149. The van der Waals surface area contributed by atoms with Crippen LogP contribution in [0, 0.1) is 12.8 Å². The first-order valence-corrected chi connectivity index (χ1v) is 12.5. The number of ether oxygens (including phenoxy) is 1. The van der Waals surface area contributed by atoms with Gasteiger partial charge in [-0.2, -0.15) is 4.31 Å². The summed E-state index contributed by atoms with van der Waals surface area (Å²) in [6, 6.07) is 4.07. The standard InChI is InChI=1S/C18H24N2O7S2/c1-3-27-18(22)14-6-9-19(10-7-14)29(25,26)16-5-4-15(12-13(16)2)20-17(21)8-11-28(20,23)24/h4-5,12,14H,3,6-11H2,1-2H3. The molecule has 1 aromatic carbocycles. The number of anilines is 1. The lowest BCUT2D eigenvalue weighted by Crippen LogP contribution is -2.40. The quantitative estimate of drug-likeness (QED) is 0.622. The van der Waals surface area contributed by atoms with Gasteiger partial charge in [-0.15, -0.1) is 0 Å². The third-order valence-corrected chi connectivity index (χ3v) is 8.91. The molecule has 0 unspecified atom stereocenters. The van der Waals surface area contributed by atoms with Gasteiger partial charge in [0.2, 0.25) is 26.0 Å². The van der Waals surface area contributed by atoms with Crippen LogP contribution in [-0.2, 0) is 34.4 Å². The molecule has 0 aliphatic carbocycles. The van der Waals surface area contributed by atoms with Gasteiger partial charge in [-0.25, -0.2) is 21.1 Å². The Morgan fingerprint density at radius 3 is 2.41 bits per heavy atom. The zero-order valence-corrected chi connectivity index (χ0v) is 18.0. The van der Waals surface area contributed by atoms with Gasteiger partial charge in [0.1, 0.15) is 0 Å². The van der Waals surface area contributed by atoms with Crippen LogP contribution in [0.25, 0.3) is 0 Å². The number of benzene rings is 1. The number of aryl methyl sites for hydroxylation is 1. The van der Waals surface area contributed by atoms with Gasteiger partial charge in [0.15, 0.2) is 0 Å². The molecular formula is C18H24N2O7S2. The lowest BCUT2D eigenvalue weighted by Gasteiger charge is -2.30. The predicted molar refractivity (Wildman–Crippen MR) is 105 cm³/mol. The monoisotopic (exact) mass is 444 g/mol. The van der Waals surface area contributed by atoms with Gasteiger partial charge in [0.05, 0.1) is 28.9 Å². The summed E-state index contributed by atoms with van der Waals surface area (Å²) in [4.78, 5) is 23.9. The Balaban J connectivity index is 1.80. The van der Waals surface area contributed by atoms with Crippen molar-refractivity contribution in [2.24, 2.45) is 5.92 Å². The van der Waals surface area contributed by atoms with Crippen molar-refractivity contribution >= 4 is 37.6 Å². The van der Waals surface area contributed by atoms with E-state index in [1.165, 1.54) is 22.5 Å². The molecule has 3 rings (SSSR count). The number of esters is 1. The topological polar surface area (TPSA) is 118 Å². The molecule has 0 radical (unpaired) electrons. The van der Waals surface area contributed by atoms with Crippen LogP contribution in [0.4, 0.5) is 5.69 Å². The Morgan fingerprint density at radius 2 is 1.90 bits per heavy atom. The Kier molecular flexibility index (Phi) is 6.02. The molecule has 0 atom stereocenters. The molecular weight excluding hydrogens is 420 g/mol. The van der Waals surface area contributed by atoms with Crippen LogP contribution in [0.1, 0.15) is 31.7 Å². The summed E-state index contributed by atoms with van der Waals surface area (Å²) in [5.41, 5.74) is 0.495. The number of carbonyl (C=O) groups excluding carboxylic acids is 2. The first-order valence-electron chi connectivity index (χ1n) is 9.41. The number of piperidine rings is 1. The lowest BCUT2D eigenvalue weighted by atomic mass is 9.98.